The Morgan fingerprint density at radius 3 is 2.48 bits per heavy atom. The van der Waals surface area contributed by atoms with Gasteiger partial charge < -0.3 is 14.8 Å². The number of nitrogens with one attached hydrogen (secondary N) is 1. The van der Waals surface area contributed by atoms with Crippen LogP contribution >= 0.6 is 0 Å². The molecule has 1 N–H and O–H groups in total. The molecule has 1 aromatic heterocycles. The van der Waals surface area contributed by atoms with E-state index in [9.17, 15) is 4.79 Å². The highest BCUT2D eigenvalue weighted by Gasteiger charge is 2.09. The molecule has 0 saturated carbocycles. The maximum Gasteiger partial charge on any atom is 0.258 e. The van der Waals surface area contributed by atoms with Crippen LogP contribution in [0.2, 0.25) is 0 Å². The van der Waals surface area contributed by atoms with Gasteiger partial charge in [-0.25, -0.2) is 0 Å². The molecule has 0 aliphatic rings. The van der Waals surface area contributed by atoms with Crippen molar-refractivity contribution in [2.75, 3.05) is 13.7 Å². The number of benzene rings is 2. The van der Waals surface area contributed by atoms with E-state index >= 15 is 0 Å². The zero-order valence-corrected chi connectivity index (χ0v) is 16.1. The van der Waals surface area contributed by atoms with Crippen LogP contribution in [0, 0.1) is 20.8 Å². The molecule has 0 aliphatic carbocycles. The van der Waals surface area contributed by atoms with Gasteiger partial charge in [-0.3, -0.25) is 9.78 Å². The number of fused-ring (bicyclic) bond motifs is 1. The zero-order chi connectivity index (χ0) is 19.4. The molecule has 0 spiro atoms. The van der Waals surface area contributed by atoms with E-state index in [0.717, 1.165) is 27.9 Å². The summed E-state index contributed by atoms with van der Waals surface area (Å²) in [5.41, 5.74) is 5.09. The van der Waals surface area contributed by atoms with Crippen LogP contribution in [-0.4, -0.2) is 24.6 Å². The normalized spacial score (nSPS) is 10.7. The summed E-state index contributed by atoms with van der Waals surface area (Å²) < 4.78 is 11.1. The molecule has 0 radical (unpaired) electrons. The van der Waals surface area contributed by atoms with Crippen molar-refractivity contribution in [1.29, 1.82) is 0 Å². The van der Waals surface area contributed by atoms with Crippen LogP contribution < -0.4 is 14.8 Å². The number of ether oxygens (including phenoxy) is 2. The van der Waals surface area contributed by atoms with Gasteiger partial charge in [0.15, 0.2) is 6.61 Å². The summed E-state index contributed by atoms with van der Waals surface area (Å²) in [6, 6.07) is 13.7. The van der Waals surface area contributed by atoms with E-state index < -0.39 is 0 Å². The predicted molar refractivity (Wildman–Crippen MR) is 106 cm³/mol. The molecule has 0 saturated heterocycles. The van der Waals surface area contributed by atoms with Crippen molar-refractivity contribution in [3.05, 3.63) is 64.8 Å². The largest absolute Gasteiger partial charge is 0.497 e. The Kier molecular flexibility index (Phi) is 5.60. The summed E-state index contributed by atoms with van der Waals surface area (Å²) in [7, 11) is 1.61. The molecule has 140 valence electrons. The van der Waals surface area contributed by atoms with Gasteiger partial charge in [-0.1, -0.05) is 29.3 Å². The molecule has 0 fully saturated rings. The fourth-order valence-corrected chi connectivity index (χ4v) is 3.11. The molecule has 3 rings (SSSR count). The number of aryl methyl sites for hydroxylation is 3. The lowest BCUT2D eigenvalue weighted by atomic mass is 10.1. The lowest BCUT2D eigenvalue weighted by Gasteiger charge is -2.12. The second-order valence-electron chi connectivity index (χ2n) is 6.71. The van der Waals surface area contributed by atoms with E-state index in [2.05, 4.69) is 28.5 Å². The summed E-state index contributed by atoms with van der Waals surface area (Å²) in [5, 5.41) is 3.73. The van der Waals surface area contributed by atoms with Crippen LogP contribution in [0.4, 0.5) is 0 Å². The number of hydrogen-bond acceptors (Lipinski definition) is 4. The first-order chi connectivity index (χ1) is 12.9. The van der Waals surface area contributed by atoms with Gasteiger partial charge in [-0.2, -0.15) is 0 Å². The molecule has 0 atom stereocenters. The lowest BCUT2D eigenvalue weighted by molar-refractivity contribution is -0.123. The molecule has 5 nitrogen and oxygen atoms in total. The van der Waals surface area contributed by atoms with E-state index in [1.165, 1.54) is 11.1 Å². The number of nitrogens with zero attached hydrogens (tertiary/aromatic N) is 1. The highest BCUT2D eigenvalue weighted by atomic mass is 16.5. The molecule has 2 aromatic carbocycles. The van der Waals surface area contributed by atoms with Crippen LogP contribution in [0.1, 0.15) is 22.4 Å². The second kappa shape index (κ2) is 8.08. The minimum atomic E-state index is -0.167. The standard InChI is InChI=1S/C22H24N2O3/c1-14-7-15(2)9-17(8-14)12-23-22(25)13-27-21-10-16(3)24-20-6-5-18(26-4)11-19(20)21/h5-11H,12-13H2,1-4H3,(H,23,25). The quantitative estimate of drug-likeness (QED) is 0.721. The van der Waals surface area contributed by atoms with Gasteiger partial charge in [0, 0.05) is 23.7 Å². The fraction of sp³-hybridized carbons (Fsp3) is 0.273. The number of rotatable bonds is 6. The molecule has 0 aliphatic heterocycles. The fourth-order valence-electron chi connectivity index (χ4n) is 3.11. The Hall–Kier alpha value is -3.08. The van der Waals surface area contributed by atoms with Crippen LogP contribution in [0.3, 0.4) is 0 Å². The highest BCUT2D eigenvalue weighted by molar-refractivity contribution is 5.87. The smallest absolute Gasteiger partial charge is 0.258 e. The van der Waals surface area contributed by atoms with Gasteiger partial charge >= 0.3 is 0 Å². The Morgan fingerprint density at radius 2 is 1.78 bits per heavy atom. The Bertz CT molecular complexity index is 962. The second-order valence-corrected chi connectivity index (χ2v) is 6.71. The maximum absolute atomic E-state index is 12.2. The van der Waals surface area contributed by atoms with E-state index in [1.54, 1.807) is 7.11 Å². The van der Waals surface area contributed by atoms with Crippen LogP contribution in [0.15, 0.2) is 42.5 Å². The molecule has 1 heterocycles. The highest BCUT2D eigenvalue weighted by Crippen LogP contribution is 2.28. The van der Waals surface area contributed by atoms with Crippen molar-refractivity contribution in [2.45, 2.75) is 27.3 Å². The number of pyridine rings is 1. The van der Waals surface area contributed by atoms with Gasteiger partial charge in [-0.15, -0.1) is 0 Å². The number of methoxy groups -OCH3 is 1. The summed E-state index contributed by atoms with van der Waals surface area (Å²) in [6.07, 6.45) is 0. The van der Waals surface area contributed by atoms with Crippen molar-refractivity contribution in [2.24, 2.45) is 0 Å². The third kappa shape index (κ3) is 4.76. The van der Waals surface area contributed by atoms with Crippen LogP contribution in [0.25, 0.3) is 10.9 Å². The Labute approximate surface area is 159 Å². The van der Waals surface area contributed by atoms with Gasteiger partial charge in [0.1, 0.15) is 11.5 Å². The summed E-state index contributed by atoms with van der Waals surface area (Å²) >= 11 is 0. The number of amides is 1. The average molecular weight is 364 g/mol. The summed E-state index contributed by atoms with van der Waals surface area (Å²) in [6.45, 7) is 6.42. The predicted octanol–water partition coefficient (Wildman–Crippen LogP) is 3.86. The first-order valence-electron chi connectivity index (χ1n) is 8.86. The van der Waals surface area contributed by atoms with Crippen LogP contribution in [0.5, 0.6) is 11.5 Å². The monoisotopic (exact) mass is 364 g/mol. The molecular weight excluding hydrogens is 340 g/mol. The SMILES string of the molecule is COc1ccc2nc(C)cc(OCC(=O)NCc3cc(C)cc(C)c3)c2c1. The minimum absolute atomic E-state index is 0.0550. The van der Waals surface area contributed by atoms with Crippen molar-refractivity contribution < 1.29 is 14.3 Å². The van der Waals surface area contributed by atoms with Crippen molar-refractivity contribution in [1.82, 2.24) is 10.3 Å². The van der Waals surface area contributed by atoms with E-state index in [-0.39, 0.29) is 12.5 Å². The van der Waals surface area contributed by atoms with Crippen molar-refractivity contribution >= 4 is 16.8 Å². The molecule has 3 aromatic rings. The average Bonchev–Trinajstić information content (AvgIpc) is 2.63. The van der Waals surface area contributed by atoms with E-state index in [0.29, 0.717) is 12.3 Å². The van der Waals surface area contributed by atoms with Crippen molar-refractivity contribution in [3.63, 3.8) is 0 Å². The third-order valence-corrected chi connectivity index (χ3v) is 4.24. The number of hydrogen-bond donors (Lipinski definition) is 1. The Morgan fingerprint density at radius 1 is 1.04 bits per heavy atom. The molecule has 0 unspecified atom stereocenters. The van der Waals surface area contributed by atoms with Gasteiger partial charge in [-0.05, 0) is 44.5 Å². The topological polar surface area (TPSA) is 60.5 Å². The molecule has 1 amide bonds. The zero-order valence-electron chi connectivity index (χ0n) is 16.1. The number of carbonyl (C=O) groups excluding carboxylic acids is 1. The van der Waals surface area contributed by atoms with Crippen molar-refractivity contribution in [3.8, 4) is 11.5 Å². The van der Waals surface area contributed by atoms with Crippen LogP contribution in [-0.2, 0) is 11.3 Å². The molecule has 27 heavy (non-hydrogen) atoms. The van der Waals surface area contributed by atoms with Gasteiger partial charge in [0.25, 0.3) is 5.91 Å². The number of carbonyl (C=O) groups is 1. The van der Waals surface area contributed by atoms with E-state index in [4.69, 9.17) is 9.47 Å². The summed E-state index contributed by atoms with van der Waals surface area (Å²) in [4.78, 5) is 16.7. The lowest BCUT2D eigenvalue weighted by Crippen LogP contribution is -2.28. The number of aromatic nitrogens is 1. The first kappa shape index (κ1) is 18.7. The van der Waals surface area contributed by atoms with Gasteiger partial charge in [0.2, 0.25) is 0 Å². The molecule has 5 heteroatoms. The Balaban J connectivity index is 1.67. The molecular formula is C22H24N2O3. The minimum Gasteiger partial charge on any atom is -0.497 e. The third-order valence-electron chi connectivity index (χ3n) is 4.24. The van der Waals surface area contributed by atoms with E-state index in [1.807, 2.05) is 45.0 Å². The first-order valence-corrected chi connectivity index (χ1v) is 8.86. The molecule has 0 bridgehead atoms. The van der Waals surface area contributed by atoms with Gasteiger partial charge in [0.05, 0.1) is 12.6 Å². The summed E-state index contributed by atoms with van der Waals surface area (Å²) in [5.74, 6) is 1.18. The maximum atomic E-state index is 12.2.